The third-order valence-corrected chi connectivity index (χ3v) is 3.30. The van der Waals surface area contributed by atoms with E-state index in [-0.39, 0.29) is 11.5 Å². The van der Waals surface area contributed by atoms with Gasteiger partial charge in [0, 0.05) is 6.07 Å². The molecule has 0 heterocycles. The molecule has 2 N–H and O–H groups in total. The Hall–Kier alpha value is -1.18. The molecule has 0 bridgehead atoms. The van der Waals surface area contributed by atoms with Gasteiger partial charge in [-0.1, -0.05) is 52.0 Å². The number of phenols is 2. The van der Waals surface area contributed by atoms with Gasteiger partial charge in [0.1, 0.15) is 11.5 Å². The lowest BCUT2D eigenvalue weighted by Crippen LogP contribution is -2.09. The predicted molar refractivity (Wildman–Crippen MR) is 71.4 cm³/mol. The molecule has 0 aliphatic heterocycles. The van der Waals surface area contributed by atoms with Gasteiger partial charge in [0.15, 0.2) is 0 Å². The molecule has 1 aliphatic carbocycles. The second-order valence-electron chi connectivity index (χ2n) is 4.52. The van der Waals surface area contributed by atoms with Crippen molar-refractivity contribution in [2.45, 2.75) is 52.4 Å². The highest BCUT2D eigenvalue weighted by Gasteiger charge is 2.15. The zero-order valence-electron chi connectivity index (χ0n) is 10.9. The van der Waals surface area contributed by atoms with Crippen LogP contribution in [-0.4, -0.2) is 10.2 Å². The maximum Gasteiger partial charge on any atom is 0.122 e. The molecular weight excluding hydrogens is 212 g/mol. The third-order valence-electron chi connectivity index (χ3n) is 3.30. The summed E-state index contributed by atoms with van der Waals surface area (Å²) in [5.74, 6) is 1.09. The molecule has 0 unspecified atom stereocenters. The van der Waals surface area contributed by atoms with Crippen LogP contribution in [0.2, 0.25) is 0 Å². The Labute approximate surface area is 104 Å². The van der Waals surface area contributed by atoms with Crippen LogP contribution in [0.4, 0.5) is 0 Å². The second kappa shape index (κ2) is 7.21. The maximum atomic E-state index is 9.66. The molecule has 0 saturated heterocycles. The molecular formula is C15H24O2. The first-order valence-corrected chi connectivity index (χ1v) is 6.76. The molecule has 0 amide bonds. The van der Waals surface area contributed by atoms with E-state index in [0.717, 1.165) is 12.0 Å². The van der Waals surface area contributed by atoms with Gasteiger partial charge >= 0.3 is 0 Å². The third kappa shape index (κ3) is 4.29. The Kier molecular flexibility index (Phi) is 5.88. The highest BCUT2D eigenvalue weighted by atomic mass is 16.3. The van der Waals surface area contributed by atoms with Gasteiger partial charge in [-0.2, -0.15) is 0 Å². The van der Waals surface area contributed by atoms with Crippen LogP contribution in [-0.2, 0) is 6.42 Å². The average Bonchev–Trinajstić information content (AvgIpc) is 2.37. The number of rotatable bonds is 2. The minimum absolute atomic E-state index is 0.139. The monoisotopic (exact) mass is 236 g/mol. The lowest BCUT2D eigenvalue weighted by Gasteiger charge is -2.21. The minimum Gasteiger partial charge on any atom is -0.508 e. The van der Waals surface area contributed by atoms with Crippen LogP contribution in [0.15, 0.2) is 18.2 Å². The summed E-state index contributed by atoms with van der Waals surface area (Å²) in [6, 6.07) is 4.91. The van der Waals surface area contributed by atoms with Gasteiger partial charge in [0.05, 0.1) is 0 Å². The molecule has 1 fully saturated rings. The largest absolute Gasteiger partial charge is 0.508 e. The fourth-order valence-corrected chi connectivity index (χ4v) is 2.43. The van der Waals surface area contributed by atoms with Gasteiger partial charge in [0.2, 0.25) is 0 Å². The zero-order valence-corrected chi connectivity index (χ0v) is 10.9. The molecule has 0 radical (unpaired) electrons. The number of benzene rings is 1. The fraction of sp³-hybridized carbons (Fsp3) is 0.600. The maximum absolute atomic E-state index is 9.66. The zero-order chi connectivity index (χ0) is 12.7. The van der Waals surface area contributed by atoms with Gasteiger partial charge in [-0.25, -0.2) is 0 Å². The summed E-state index contributed by atoms with van der Waals surface area (Å²) < 4.78 is 0. The number of aromatic hydroxyl groups is 2. The first-order chi connectivity index (χ1) is 8.25. The van der Waals surface area contributed by atoms with Crippen molar-refractivity contribution in [3.63, 3.8) is 0 Å². The van der Waals surface area contributed by atoms with Crippen LogP contribution in [0, 0.1) is 5.92 Å². The lowest BCUT2D eigenvalue weighted by atomic mass is 9.85. The highest BCUT2D eigenvalue weighted by molar-refractivity contribution is 5.39. The molecule has 1 saturated carbocycles. The van der Waals surface area contributed by atoms with E-state index in [2.05, 4.69) is 0 Å². The van der Waals surface area contributed by atoms with Gasteiger partial charge < -0.3 is 10.2 Å². The molecule has 1 aromatic rings. The molecule has 0 aromatic heterocycles. The molecule has 96 valence electrons. The van der Waals surface area contributed by atoms with Crippen molar-refractivity contribution >= 4 is 0 Å². The quantitative estimate of drug-likeness (QED) is 0.806. The molecule has 2 rings (SSSR count). The highest BCUT2D eigenvalue weighted by Crippen LogP contribution is 2.31. The molecule has 17 heavy (non-hydrogen) atoms. The predicted octanol–water partition coefficient (Wildman–Crippen LogP) is 4.25. The first-order valence-electron chi connectivity index (χ1n) is 6.76. The van der Waals surface area contributed by atoms with Crippen molar-refractivity contribution in [1.29, 1.82) is 0 Å². The van der Waals surface area contributed by atoms with Crippen LogP contribution in [0.3, 0.4) is 0 Å². The summed E-state index contributed by atoms with van der Waals surface area (Å²) in [6.45, 7) is 4.00. The molecule has 0 spiro atoms. The normalized spacial score (nSPS) is 16.1. The summed E-state index contributed by atoms with van der Waals surface area (Å²) in [5, 5.41) is 18.8. The van der Waals surface area contributed by atoms with Crippen molar-refractivity contribution in [1.82, 2.24) is 0 Å². The van der Waals surface area contributed by atoms with Gasteiger partial charge in [-0.15, -0.1) is 0 Å². The number of phenolic OH excluding ortho intramolecular Hbond substituents is 2. The lowest BCUT2D eigenvalue weighted by molar-refractivity contribution is 0.351. The molecule has 0 atom stereocenters. The standard InChI is InChI=1S/C13H18O2.C2H6/c14-12-7-6-11(13(15)9-12)8-10-4-2-1-3-5-10;1-2/h6-7,9-10,14-15H,1-5,8H2;1-2H3. The van der Waals surface area contributed by atoms with Crippen LogP contribution < -0.4 is 0 Å². The summed E-state index contributed by atoms with van der Waals surface area (Å²) in [4.78, 5) is 0. The van der Waals surface area contributed by atoms with Gasteiger partial charge in [-0.3, -0.25) is 0 Å². The SMILES string of the molecule is CC.Oc1ccc(CC2CCCCC2)c(O)c1. The van der Waals surface area contributed by atoms with Crippen molar-refractivity contribution in [2.75, 3.05) is 0 Å². The summed E-state index contributed by atoms with van der Waals surface area (Å²) in [6.07, 6.45) is 7.51. The van der Waals surface area contributed by atoms with Crippen LogP contribution in [0.25, 0.3) is 0 Å². The fourth-order valence-electron chi connectivity index (χ4n) is 2.43. The average molecular weight is 236 g/mol. The molecule has 2 nitrogen and oxygen atoms in total. The summed E-state index contributed by atoms with van der Waals surface area (Å²) in [5.41, 5.74) is 0.972. The number of hydrogen-bond donors (Lipinski definition) is 2. The van der Waals surface area contributed by atoms with Crippen molar-refractivity contribution in [2.24, 2.45) is 5.92 Å². The van der Waals surface area contributed by atoms with Crippen molar-refractivity contribution < 1.29 is 10.2 Å². The van der Waals surface area contributed by atoms with Crippen molar-refractivity contribution in [3.8, 4) is 11.5 Å². The van der Waals surface area contributed by atoms with E-state index in [4.69, 9.17) is 0 Å². The van der Waals surface area contributed by atoms with Crippen LogP contribution in [0.5, 0.6) is 11.5 Å². The van der Waals surface area contributed by atoms with E-state index >= 15 is 0 Å². The minimum atomic E-state index is 0.139. The Morgan fingerprint density at radius 3 is 2.29 bits per heavy atom. The topological polar surface area (TPSA) is 40.5 Å². The number of hydrogen-bond acceptors (Lipinski definition) is 2. The Morgan fingerprint density at radius 2 is 1.71 bits per heavy atom. The Balaban J connectivity index is 0.000000686. The Bertz CT molecular complexity index is 328. The van der Waals surface area contributed by atoms with Gasteiger partial charge in [-0.05, 0) is 24.0 Å². The van der Waals surface area contributed by atoms with Crippen LogP contribution in [0.1, 0.15) is 51.5 Å². The van der Waals surface area contributed by atoms with Gasteiger partial charge in [0.25, 0.3) is 0 Å². The van der Waals surface area contributed by atoms with E-state index in [0.29, 0.717) is 5.92 Å². The van der Waals surface area contributed by atoms with E-state index in [1.165, 1.54) is 38.2 Å². The van der Waals surface area contributed by atoms with E-state index in [1.807, 2.05) is 19.9 Å². The Morgan fingerprint density at radius 1 is 1.06 bits per heavy atom. The van der Waals surface area contributed by atoms with E-state index in [1.54, 1.807) is 6.07 Å². The smallest absolute Gasteiger partial charge is 0.122 e. The van der Waals surface area contributed by atoms with Crippen LogP contribution >= 0.6 is 0 Å². The van der Waals surface area contributed by atoms with E-state index < -0.39 is 0 Å². The summed E-state index contributed by atoms with van der Waals surface area (Å²) in [7, 11) is 0. The molecule has 1 aromatic carbocycles. The molecule has 2 heteroatoms. The summed E-state index contributed by atoms with van der Waals surface area (Å²) >= 11 is 0. The second-order valence-corrected chi connectivity index (χ2v) is 4.52. The molecule has 1 aliphatic rings. The van der Waals surface area contributed by atoms with E-state index in [9.17, 15) is 10.2 Å². The van der Waals surface area contributed by atoms with Crippen molar-refractivity contribution in [3.05, 3.63) is 23.8 Å². The first kappa shape index (κ1) is 13.9.